The molecule has 1 aliphatic rings. The zero-order valence-electron chi connectivity index (χ0n) is 10.6. The van der Waals surface area contributed by atoms with Gasteiger partial charge < -0.3 is 5.32 Å². The SMILES string of the molecule is O=S1(=O)CCC(Nc2ccccc2S(=O)(=O)C(F)(F)F)C1. The van der Waals surface area contributed by atoms with Gasteiger partial charge in [0.15, 0.2) is 9.84 Å². The molecule has 1 unspecified atom stereocenters. The smallest absolute Gasteiger partial charge is 0.380 e. The highest BCUT2D eigenvalue weighted by Gasteiger charge is 2.48. The Morgan fingerprint density at radius 3 is 2.33 bits per heavy atom. The summed E-state index contributed by atoms with van der Waals surface area (Å²) in [4.78, 5) is -0.901. The molecule has 1 aromatic rings. The van der Waals surface area contributed by atoms with E-state index in [4.69, 9.17) is 0 Å². The molecule has 118 valence electrons. The lowest BCUT2D eigenvalue weighted by molar-refractivity contribution is -0.0435. The lowest BCUT2D eigenvalue weighted by Crippen LogP contribution is -2.26. The van der Waals surface area contributed by atoms with Crippen LogP contribution in [0.25, 0.3) is 0 Å². The van der Waals surface area contributed by atoms with Gasteiger partial charge >= 0.3 is 5.51 Å². The molecular weight excluding hydrogens is 331 g/mol. The summed E-state index contributed by atoms with van der Waals surface area (Å²) in [6, 6.07) is 3.98. The maximum Gasteiger partial charge on any atom is 0.501 e. The van der Waals surface area contributed by atoms with Crippen LogP contribution in [-0.2, 0) is 19.7 Å². The minimum Gasteiger partial charge on any atom is -0.380 e. The molecule has 0 aliphatic carbocycles. The van der Waals surface area contributed by atoms with E-state index in [-0.39, 0.29) is 23.6 Å². The molecule has 1 saturated heterocycles. The Bertz CT molecular complexity index is 741. The zero-order valence-corrected chi connectivity index (χ0v) is 12.2. The van der Waals surface area contributed by atoms with Crippen LogP contribution in [0.15, 0.2) is 29.2 Å². The third-order valence-corrected chi connectivity index (χ3v) is 6.39. The fourth-order valence-electron chi connectivity index (χ4n) is 2.07. The van der Waals surface area contributed by atoms with Crippen LogP contribution in [0.4, 0.5) is 18.9 Å². The number of nitrogens with one attached hydrogen (secondary N) is 1. The van der Waals surface area contributed by atoms with Crippen LogP contribution in [0.2, 0.25) is 0 Å². The number of rotatable bonds is 3. The summed E-state index contributed by atoms with van der Waals surface area (Å²) in [6.45, 7) is 0. The van der Waals surface area contributed by atoms with Gasteiger partial charge in [0.1, 0.15) is 0 Å². The van der Waals surface area contributed by atoms with E-state index in [1.165, 1.54) is 18.2 Å². The molecule has 0 bridgehead atoms. The first-order valence-corrected chi connectivity index (χ1v) is 9.21. The van der Waals surface area contributed by atoms with Crippen molar-refractivity contribution in [2.45, 2.75) is 22.9 Å². The Balaban J connectivity index is 2.35. The molecule has 0 amide bonds. The zero-order chi connectivity index (χ0) is 15.9. The number of alkyl halides is 3. The summed E-state index contributed by atoms with van der Waals surface area (Å²) >= 11 is 0. The summed E-state index contributed by atoms with van der Waals surface area (Å²) in [5.41, 5.74) is -5.65. The Morgan fingerprint density at radius 1 is 1.19 bits per heavy atom. The number of sulfone groups is 2. The predicted molar refractivity (Wildman–Crippen MR) is 70.4 cm³/mol. The highest BCUT2D eigenvalue weighted by atomic mass is 32.2. The Hall–Kier alpha value is -1.29. The van der Waals surface area contributed by atoms with Gasteiger partial charge in [-0.3, -0.25) is 0 Å². The van der Waals surface area contributed by atoms with Crippen molar-refractivity contribution in [2.75, 3.05) is 16.8 Å². The largest absolute Gasteiger partial charge is 0.501 e. The summed E-state index contributed by atoms with van der Waals surface area (Å²) < 4.78 is 83.5. The molecule has 21 heavy (non-hydrogen) atoms. The number of halogens is 3. The molecule has 1 aliphatic heterocycles. The monoisotopic (exact) mass is 343 g/mol. The minimum absolute atomic E-state index is 0.0706. The van der Waals surface area contributed by atoms with Crippen LogP contribution >= 0.6 is 0 Å². The molecule has 5 nitrogen and oxygen atoms in total. The predicted octanol–water partition coefficient (Wildman–Crippen LogP) is 1.58. The molecule has 10 heteroatoms. The number of hydrogen-bond donors (Lipinski definition) is 1. The van der Waals surface area contributed by atoms with Gasteiger partial charge in [-0.05, 0) is 18.6 Å². The molecule has 1 fully saturated rings. The van der Waals surface area contributed by atoms with E-state index < -0.39 is 36.1 Å². The highest BCUT2D eigenvalue weighted by molar-refractivity contribution is 7.92. The second kappa shape index (κ2) is 5.16. The van der Waals surface area contributed by atoms with Gasteiger partial charge in [-0.1, -0.05) is 12.1 Å². The van der Waals surface area contributed by atoms with E-state index in [9.17, 15) is 30.0 Å². The maximum absolute atomic E-state index is 12.6. The summed E-state index contributed by atoms with van der Waals surface area (Å²) in [7, 11) is -8.72. The average Bonchev–Trinajstić information content (AvgIpc) is 2.68. The fraction of sp³-hybridized carbons (Fsp3) is 0.455. The standard InChI is InChI=1S/C11H12F3NO4S2/c12-11(13,14)21(18,19)10-4-2-1-3-9(10)15-8-5-6-20(16,17)7-8/h1-4,8,15H,5-7H2. The van der Waals surface area contributed by atoms with Gasteiger partial charge in [0.25, 0.3) is 9.84 Å². The third kappa shape index (κ3) is 3.31. The van der Waals surface area contributed by atoms with Crippen LogP contribution in [0.5, 0.6) is 0 Å². The lowest BCUT2D eigenvalue weighted by Gasteiger charge is -2.17. The van der Waals surface area contributed by atoms with Crippen molar-refractivity contribution in [2.24, 2.45) is 0 Å². The summed E-state index contributed by atoms with van der Waals surface area (Å²) in [5.74, 6) is -0.299. The molecule has 1 atom stereocenters. The van der Waals surface area contributed by atoms with Crippen LogP contribution in [0, 0.1) is 0 Å². The fourth-order valence-corrected chi connectivity index (χ4v) is 4.67. The Morgan fingerprint density at radius 2 is 1.81 bits per heavy atom. The number of anilines is 1. The normalized spacial score (nSPS) is 22.1. The van der Waals surface area contributed by atoms with E-state index in [1.54, 1.807) is 0 Å². The summed E-state index contributed by atoms with van der Waals surface area (Å²) in [5, 5.41) is 2.58. The van der Waals surface area contributed by atoms with E-state index in [0.29, 0.717) is 0 Å². The van der Waals surface area contributed by atoms with Crippen molar-refractivity contribution in [1.82, 2.24) is 0 Å². The highest BCUT2D eigenvalue weighted by Crippen LogP contribution is 2.34. The van der Waals surface area contributed by atoms with Crippen molar-refractivity contribution < 1.29 is 30.0 Å². The van der Waals surface area contributed by atoms with Gasteiger partial charge in [0.05, 0.1) is 22.1 Å². The van der Waals surface area contributed by atoms with Crippen LogP contribution in [-0.4, -0.2) is 39.9 Å². The quantitative estimate of drug-likeness (QED) is 0.901. The van der Waals surface area contributed by atoms with Gasteiger partial charge in [-0.15, -0.1) is 0 Å². The van der Waals surface area contributed by atoms with Crippen molar-refractivity contribution in [3.63, 3.8) is 0 Å². The first kappa shape index (κ1) is 16.1. The second-order valence-electron chi connectivity index (χ2n) is 4.69. The van der Waals surface area contributed by atoms with Crippen LogP contribution < -0.4 is 5.32 Å². The van der Waals surface area contributed by atoms with Crippen LogP contribution in [0.3, 0.4) is 0 Å². The number of hydrogen-bond acceptors (Lipinski definition) is 5. The lowest BCUT2D eigenvalue weighted by atomic mass is 10.2. The first-order valence-electron chi connectivity index (χ1n) is 5.90. The molecule has 0 spiro atoms. The summed E-state index contributed by atoms with van der Waals surface area (Å²) in [6.07, 6.45) is 0.225. The topological polar surface area (TPSA) is 80.3 Å². The van der Waals surface area contributed by atoms with E-state index in [2.05, 4.69) is 5.32 Å². The van der Waals surface area contributed by atoms with E-state index in [0.717, 1.165) is 6.07 Å². The average molecular weight is 343 g/mol. The van der Waals surface area contributed by atoms with Crippen molar-refractivity contribution in [3.05, 3.63) is 24.3 Å². The van der Waals surface area contributed by atoms with E-state index >= 15 is 0 Å². The number of para-hydroxylation sites is 1. The maximum atomic E-state index is 12.6. The molecule has 1 N–H and O–H groups in total. The van der Waals surface area contributed by atoms with Crippen molar-refractivity contribution in [3.8, 4) is 0 Å². The Labute approximate surface area is 120 Å². The van der Waals surface area contributed by atoms with Crippen LogP contribution in [0.1, 0.15) is 6.42 Å². The van der Waals surface area contributed by atoms with Gasteiger partial charge in [0.2, 0.25) is 0 Å². The van der Waals surface area contributed by atoms with Gasteiger partial charge in [-0.2, -0.15) is 13.2 Å². The van der Waals surface area contributed by atoms with Crippen molar-refractivity contribution in [1.29, 1.82) is 0 Å². The molecular formula is C11H12F3NO4S2. The molecule has 0 saturated carbocycles. The second-order valence-corrected chi connectivity index (χ2v) is 8.83. The van der Waals surface area contributed by atoms with Gasteiger partial charge in [0, 0.05) is 6.04 Å². The molecule has 1 heterocycles. The number of benzene rings is 1. The minimum atomic E-state index is -5.49. The van der Waals surface area contributed by atoms with Crippen molar-refractivity contribution >= 4 is 25.4 Å². The molecule has 0 aromatic heterocycles. The van der Waals surface area contributed by atoms with Gasteiger partial charge in [-0.25, -0.2) is 16.8 Å². The third-order valence-electron chi connectivity index (χ3n) is 3.07. The van der Waals surface area contributed by atoms with E-state index in [1.807, 2.05) is 0 Å². The first-order chi connectivity index (χ1) is 9.53. The molecule has 1 aromatic carbocycles. The molecule has 2 rings (SSSR count). The molecule has 0 radical (unpaired) electrons. The Kier molecular flexibility index (Phi) is 3.96.